The maximum Gasteiger partial charge on any atom is 0.306 e. The topological polar surface area (TPSA) is 78.9 Å². The van der Waals surface area contributed by atoms with E-state index in [1.165, 1.54) is 244 Å². The molecule has 0 heterocycles. The van der Waals surface area contributed by atoms with Crippen LogP contribution in [0.2, 0.25) is 0 Å². The molecule has 0 aromatic carbocycles. The van der Waals surface area contributed by atoms with Gasteiger partial charge in [-0.15, -0.1) is 0 Å². The average Bonchev–Trinajstić information content (AvgIpc) is 3.35. The molecule has 0 amide bonds. The van der Waals surface area contributed by atoms with Crippen LogP contribution in [-0.2, 0) is 28.6 Å². The Hall–Kier alpha value is -1.59. The van der Waals surface area contributed by atoms with Gasteiger partial charge < -0.3 is 14.2 Å². The van der Waals surface area contributed by atoms with Crippen LogP contribution in [0.3, 0.4) is 0 Å². The fourth-order valence-electron chi connectivity index (χ4n) is 9.69. The highest BCUT2D eigenvalue weighted by atomic mass is 16.6. The molecule has 0 aliphatic heterocycles. The number of ether oxygens (including phenoxy) is 3. The Kier molecular flexibility index (Phi) is 54.4. The van der Waals surface area contributed by atoms with Gasteiger partial charge in [-0.05, 0) is 31.1 Å². The number of carbonyl (C=O) groups is 3. The van der Waals surface area contributed by atoms with Crippen LogP contribution >= 0.6 is 0 Å². The van der Waals surface area contributed by atoms with Gasteiger partial charge in [-0.2, -0.15) is 0 Å². The molecule has 6 heteroatoms. The first-order valence-electron chi connectivity index (χ1n) is 31.3. The van der Waals surface area contributed by atoms with Gasteiger partial charge in [0.25, 0.3) is 0 Å². The molecule has 0 aliphatic rings. The van der Waals surface area contributed by atoms with Gasteiger partial charge in [-0.1, -0.05) is 317 Å². The molecule has 410 valence electrons. The fraction of sp³-hybridized carbons (Fsp3) is 0.952. The Balaban J connectivity index is 4.28. The maximum absolute atomic E-state index is 12.9. The van der Waals surface area contributed by atoms with Crippen LogP contribution in [0.5, 0.6) is 0 Å². The molecule has 0 rings (SSSR count). The SMILES string of the molecule is CCCCCCCCCCCCCCCCCCCCCC(=O)OC[C@@H](COC(=O)CCCCCCCCCCCCCCCCC(C)CC)OC(=O)CCCCCCCCCCCCC(C)CC. The van der Waals surface area contributed by atoms with Gasteiger partial charge >= 0.3 is 17.9 Å². The largest absolute Gasteiger partial charge is 0.462 e. The van der Waals surface area contributed by atoms with Crippen LogP contribution in [0.1, 0.15) is 356 Å². The summed E-state index contributed by atoms with van der Waals surface area (Å²) >= 11 is 0. The smallest absolute Gasteiger partial charge is 0.306 e. The molecule has 0 N–H and O–H groups in total. The first-order valence-corrected chi connectivity index (χ1v) is 31.3. The quantitative estimate of drug-likeness (QED) is 0.0343. The van der Waals surface area contributed by atoms with Crippen LogP contribution in [0, 0.1) is 11.8 Å². The number of hydrogen-bond acceptors (Lipinski definition) is 6. The monoisotopic (exact) mass is 975 g/mol. The van der Waals surface area contributed by atoms with Crippen molar-refractivity contribution in [2.45, 2.75) is 362 Å². The molecule has 0 saturated heterocycles. The van der Waals surface area contributed by atoms with Crippen LogP contribution < -0.4 is 0 Å². The molecule has 69 heavy (non-hydrogen) atoms. The second-order valence-corrected chi connectivity index (χ2v) is 22.2. The van der Waals surface area contributed by atoms with Gasteiger partial charge in [0.15, 0.2) is 6.10 Å². The van der Waals surface area contributed by atoms with E-state index in [0.717, 1.165) is 69.6 Å². The van der Waals surface area contributed by atoms with Crippen LogP contribution in [0.15, 0.2) is 0 Å². The third-order valence-electron chi connectivity index (χ3n) is 15.2. The van der Waals surface area contributed by atoms with Gasteiger partial charge in [-0.3, -0.25) is 14.4 Å². The number of carbonyl (C=O) groups excluding carboxylic acids is 3. The van der Waals surface area contributed by atoms with Crippen molar-refractivity contribution in [3.05, 3.63) is 0 Å². The molecule has 6 nitrogen and oxygen atoms in total. The van der Waals surface area contributed by atoms with Crippen molar-refractivity contribution < 1.29 is 28.6 Å². The Bertz CT molecular complexity index is 1060. The van der Waals surface area contributed by atoms with E-state index < -0.39 is 6.10 Å². The molecule has 0 aromatic rings. The van der Waals surface area contributed by atoms with E-state index in [2.05, 4.69) is 34.6 Å². The molecule has 3 atom stereocenters. The van der Waals surface area contributed by atoms with Crippen molar-refractivity contribution in [1.29, 1.82) is 0 Å². The summed E-state index contributed by atoms with van der Waals surface area (Å²) in [5, 5.41) is 0. The van der Waals surface area contributed by atoms with Gasteiger partial charge in [0.1, 0.15) is 13.2 Å². The standard InChI is InChI=1S/C63H122O6/c1-6-9-10-11-12-13-14-15-16-17-18-19-20-24-27-33-38-43-48-53-61(64)67-56-60(69-63(66)55-50-45-40-35-30-29-32-37-42-47-52-59(5)8-3)57-68-62(65)54-49-44-39-34-28-25-22-21-23-26-31-36-41-46-51-58(4)7-2/h58-60H,6-57H2,1-5H3/t58?,59?,60-/m0/s1. The Labute approximate surface area is 431 Å². The summed E-state index contributed by atoms with van der Waals surface area (Å²) in [6, 6.07) is 0. The minimum atomic E-state index is -0.764. The highest BCUT2D eigenvalue weighted by molar-refractivity contribution is 5.71. The fourth-order valence-corrected chi connectivity index (χ4v) is 9.69. The molecule has 0 aromatic heterocycles. The third-order valence-corrected chi connectivity index (χ3v) is 15.2. The van der Waals surface area contributed by atoms with Gasteiger partial charge in [-0.25, -0.2) is 0 Å². The van der Waals surface area contributed by atoms with Crippen molar-refractivity contribution in [3.8, 4) is 0 Å². The van der Waals surface area contributed by atoms with E-state index in [4.69, 9.17) is 14.2 Å². The molecule has 0 radical (unpaired) electrons. The summed E-state index contributed by atoms with van der Waals surface area (Å²) in [4.78, 5) is 38.3. The van der Waals surface area contributed by atoms with Crippen LogP contribution in [0.25, 0.3) is 0 Å². The first kappa shape index (κ1) is 67.4. The van der Waals surface area contributed by atoms with Crippen molar-refractivity contribution >= 4 is 17.9 Å². The minimum absolute atomic E-state index is 0.0624. The lowest BCUT2D eigenvalue weighted by Crippen LogP contribution is -2.30. The van der Waals surface area contributed by atoms with Gasteiger partial charge in [0, 0.05) is 19.3 Å². The van der Waals surface area contributed by atoms with E-state index in [-0.39, 0.29) is 31.1 Å². The summed E-state index contributed by atoms with van der Waals surface area (Å²) in [5.74, 6) is 0.928. The molecule has 0 bridgehead atoms. The summed E-state index contributed by atoms with van der Waals surface area (Å²) < 4.78 is 16.9. The van der Waals surface area contributed by atoms with E-state index in [1.807, 2.05) is 0 Å². The highest BCUT2D eigenvalue weighted by Crippen LogP contribution is 2.19. The number of esters is 3. The number of unbranched alkanes of at least 4 members (excludes halogenated alkanes) is 40. The van der Waals surface area contributed by atoms with Crippen molar-refractivity contribution in [2.24, 2.45) is 11.8 Å². The van der Waals surface area contributed by atoms with Crippen LogP contribution in [-0.4, -0.2) is 37.2 Å². The van der Waals surface area contributed by atoms with Crippen molar-refractivity contribution in [3.63, 3.8) is 0 Å². The molecule has 2 unspecified atom stereocenters. The van der Waals surface area contributed by atoms with Gasteiger partial charge in [0.2, 0.25) is 0 Å². The van der Waals surface area contributed by atoms with E-state index in [0.29, 0.717) is 19.3 Å². The van der Waals surface area contributed by atoms with Crippen molar-refractivity contribution in [2.75, 3.05) is 13.2 Å². The maximum atomic E-state index is 12.9. The summed E-state index contributed by atoms with van der Waals surface area (Å²) in [7, 11) is 0. The first-order chi connectivity index (χ1) is 33.8. The second kappa shape index (κ2) is 55.7. The molecule has 0 spiro atoms. The van der Waals surface area contributed by atoms with Gasteiger partial charge in [0.05, 0.1) is 0 Å². The highest BCUT2D eigenvalue weighted by Gasteiger charge is 2.19. The number of rotatable bonds is 57. The summed E-state index contributed by atoms with van der Waals surface area (Å²) in [6.45, 7) is 11.5. The van der Waals surface area contributed by atoms with Crippen LogP contribution in [0.4, 0.5) is 0 Å². The Morgan fingerprint density at radius 2 is 0.507 bits per heavy atom. The normalized spacial score (nSPS) is 12.8. The lowest BCUT2D eigenvalue weighted by molar-refractivity contribution is -0.167. The molecule has 0 aliphatic carbocycles. The Morgan fingerprint density at radius 3 is 0.754 bits per heavy atom. The minimum Gasteiger partial charge on any atom is -0.462 e. The summed E-state index contributed by atoms with van der Waals surface area (Å²) in [5.41, 5.74) is 0. The van der Waals surface area contributed by atoms with E-state index >= 15 is 0 Å². The molecular formula is C63H122O6. The predicted molar refractivity (Wildman–Crippen MR) is 298 cm³/mol. The van der Waals surface area contributed by atoms with Crippen molar-refractivity contribution in [1.82, 2.24) is 0 Å². The predicted octanol–water partition coefficient (Wildman–Crippen LogP) is 20.8. The lowest BCUT2D eigenvalue weighted by Gasteiger charge is -2.18. The van der Waals surface area contributed by atoms with E-state index in [9.17, 15) is 14.4 Å². The van der Waals surface area contributed by atoms with E-state index in [1.54, 1.807) is 0 Å². The molecular weight excluding hydrogens is 853 g/mol. The lowest BCUT2D eigenvalue weighted by atomic mass is 9.99. The molecule has 0 fully saturated rings. The Morgan fingerprint density at radius 1 is 0.290 bits per heavy atom. The second-order valence-electron chi connectivity index (χ2n) is 22.2. The summed E-state index contributed by atoms with van der Waals surface area (Å²) in [6.07, 6.45) is 60.9. The molecule has 0 saturated carbocycles. The zero-order valence-electron chi connectivity index (χ0n) is 47.5. The zero-order chi connectivity index (χ0) is 50.4. The number of hydrogen-bond donors (Lipinski definition) is 0. The zero-order valence-corrected chi connectivity index (χ0v) is 47.5. The third kappa shape index (κ3) is 54.0. The average molecular weight is 976 g/mol.